The van der Waals surface area contributed by atoms with Gasteiger partial charge in [-0.2, -0.15) is 0 Å². The lowest BCUT2D eigenvalue weighted by molar-refractivity contribution is -0.141. The van der Waals surface area contributed by atoms with Gasteiger partial charge in [0.2, 0.25) is 5.78 Å². The third-order valence-corrected chi connectivity index (χ3v) is 5.26. The number of carbonyl (C=O) groups is 2. The number of ketones is 2. The third kappa shape index (κ3) is 1.84. The molecule has 1 aliphatic carbocycles. The summed E-state index contributed by atoms with van der Waals surface area (Å²) < 4.78 is 0. The summed E-state index contributed by atoms with van der Waals surface area (Å²) in [6, 6.07) is 2.79. The fraction of sp³-hybridized carbons (Fsp3) is 0.353. The molecule has 3 unspecified atom stereocenters. The van der Waals surface area contributed by atoms with Crippen LogP contribution in [0.2, 0.25) is 0 Å². The number of hydrogen-bond acceptors (Lipinski definition) is 5. The first-order valence-corrected chi connectivity index (χ1v) is 7.52. The molecule has 2 heterocycles. The molecule has 1 aromatic carbocycles. The number of hydrogen-bond donors (Lipinski definition) is 3. The van der Waals surface area contributed by atoms with Crippen LogP contribution in [0.25, 0.3) is 10.9 Å². The van der Waals surface area contributed by atoms with Gasteiger partial charge in [-0.1, -0.05) is 6.92 Å². The fourth-order valence-corrected chi connectivity index (χ4v) is 3.85. The largest absolute Gasteiger partial charge is 0.504 e. The van der Waals surface area contributed by atoms with Crippen molar-refractivity contribution in [2.24, 2.45) is 10.4 Å². The van der Waals surface area contributed by atoms with E-state index < -0.39 is 5.41 Å². The summed E-state index contributed by atoms with van der Waals surface area (Å²) in [5.41, 5.74) is 1.17. The van der Waals surface area contributed by atoms with Crippen LogP contribution in [0.15, 0.2) is 23.3 Å². The first-order valence-electron chi connectivity index (χ1n) is 7.52. The molecule has 6 heteroatoms. The average molecular weight is 312 g/mol. The van der Waals surface area contributed by atoms with E-state index in [1.54, 1.807) is 0 Å². The quantitative estimate of drug-likeness (QED) is 0.554. The standard InChI is InChI=1S/C17H16N2O4/c1-17-5-15(23)14(22)4-16(17)19-7-10(17)9-6-18-11-3-13(21)12(20)2-8(9)11/h2-3,6-7,10,16,18,20-21H,4-5H2,1H3. The van der Waals surface area contributed by atoms with Gasteiger partial charge in [-0.15, -0.1) is 0 Å². The van der Waals surface area contributed by atoms with Crippen molar-refractivity contribution in [3.05, 3.63) is 23.9 Å². The van der Waals surface area contributed by atoms with Crippen LogP contribution in [0.1, 0.15) is 31.2 Å². The molecular formula is C17H16N2O4. The Kier molecular flexibility index (Phi) is 2.70. The lowest BCUT2D eigenvalue weighted by Gasteiger charge is -2.37. The number of aliphatic imine (C=N–C) groups is 1. The highest BCUT2D eigenvalue weighted by atomic mass is 16.3. The number of benzene rings is 1. The molecule has 0 saturated heterocycles. The van der Waals surface area contributed by atoms with Crippen LogP contribution < -0.4 is 0 Å². The Morgan fingerprint density at radius 1 is 1.22 bits per heavy atom. The van der Waals surface area contributed by atoms with Gasteiger partial charge >= 0.3 is 0 Å². The van der Waals surface area contributed by atoms with Gasteiger partial charge in [0.15, 0.2) is 17.3 Å². The van der Waals surface area contributed by atoms with Crippen molar-refractivity contribution in [2.45, 2.75) is 31.7 Å². The molecule has 3 atom stereocenters. The van der Waals surface area contributed by atoms with Crippen molar-refractivity contribution in [3.8, 4) is 11.5 Å². The number of fused-ring (bicyclic) bond motifs is 2. The number of Topliss-reactive ketones (excluding diaryl/α,β-unsaturated/α-hetero) is 2. The second-order valence-electron chi connectivity index (χ2n) is 6.66. The molecule has 1 saturated carbocycles. The number of phenols is 2. The van der Waals surface area contributed by atoms with Gasteiger partial charge in [0, 0.05) is 53.6 Å². The second-order valence-corrected chi connectivity index (χ2v) is 6.66. The zero-order valence-electron chi connectivity index (χ0n) is 12.5. The summed E-state index contributed by atoms with van der Waals surface area (Å²) >= 11 is 0. The smallest absolute Gasteiger partial charge is 0.200 e. The van der Waals surface area contributed by atoms with E-state index in [2.05, 4.69) is 9.98 Å². The van der Waals surface area contributed by atoms with Gasteiger partial charge in [0.25, 0.3) is 0 Å². The van der Waals surface area contributed by atoms with E-state index in [0.29, 0.717) is 5.52 Å². The molecule has 23 heavy (non-hydrogen) atoms. The van der Waals surface area contributed by atoms with Crippen molar-refractivity contribution in [3.63, 3.8) is 0 Å². The first kappa shape index (κ1) is 14.0. The van der Waals surface area contributed by atoms with Crippen molar-refractivity contribution >= 4 is 28.7 Å². The van der Waals surface area contributed by atoms with E-state index in [-0.39, 0.29) is 47.9 Å². The van der Waals surface area contributed by atoms with Crippen molar-refractivity contribution < 1.29 is 19.8 Å². The van der Waals surface area contributed by atoms with Gasteiger partial charge < -0.3 is 15.2 Å². The monoisotopic (exact) mass is 312 g/mol. The lowest BCUT2D eigenvalue weighted by Crippen LogP contribution is -2.43. The van der Waals surface area contributed by atoms with E-state index in [1.807, 2.05) is 19.3 Å². The van der Waals surface area contributed by atoms with Crippen LogP contribution in [0.4, 0.5) is 0 Å². The third-order valence-electron chi connectivity index (χ3n) is 5.26. The number of phenolic OH excluding ortho intramolecular Hbond substituents is 2. The minimum atomic E-state index is -0.437. The first-order chi connectivity index (χ1) is 10.9. The Morgan fingerprint density at radius 3 is 2.74 bits per heavy atom. The SMILES string of the molecule is CC12CC(=O)C(=O)CC1N=CC2c1c[nH]c2cc(O)c(O)cc12. The summed E-state index contributed by atoms with van der Waals surface area (Å²) in [5, 5.41) is 20.2. The average Bonchev–Trinajstić information content (AvgIpc) is 3.01. The van der Waals surface area contributed by atoms with Crippen LogP contribution in [0.5, 0.6) is 11.5 Å². The molecule has 6 nitrogen and oxygen atoms in total. The molecule has 1 aromatic heterocycles. The Balaban J connectivity index is 1.82. The normalized spacial score (nSPS) is 30.1. The Labute approximate surface area is 131 Å². The number of aromatic hydroxyl groups is 2. The van der Waals surface area contributed by atoms with E-state index >= 15 is 0 Å². The molecular weight excluding hydrogens is 296 g/mol. The predicted octanol–water partition coefficient (Wildman–Crippen LogP) is 2.05. The lowest BCUT2D eigenvalue weighted by atomic mass is 9.64. The molecule has 1 aliphatic heterocycles. The van der Waals surface area contributed by atoms with Gasteiger partial charge in [0.1, 0.15) is 0 Å². The number of rotatable bonds is 1. The minimum Gasteiger partial charge on any atom is -0.504 e. The number of H-pyrrole nitrogens is 1. The number of nitrogens with one attached hydrogen (secondary N) is 1. The van der Waals surface area contributed by atoms with E-state index in [0.717, 1.165) is 10.9 Å². The van der Waals surface area contributed by atoms with Crippen molar-refractivity contribution in [1.29, 1.82) is 0 Å². The molecule has 2 aliphatic rings. The number of nitrogens with zero attached hydrogens (tertiary/aromatic N) is 1. The number of aromatic amines is 1. The Bertz CT molecular complexity index is 882. The maximum Gasteiger partial charge on any atom is 0.200 e. The van der Waals surface area contributed by atoms with Crippen molar-refractivity contribution in [2.75, 3.05) is 0 Å². The zero-order chi connectivity index (χ0) is 16.4. The zero-order valence-corrected chi connectivity index (χ0v) is 12.5. The van der Waals surface area contributed by atoms with Crippen LogP contribution in [-0.2, 0) is 9.59 Å². The van der Waals surface area contributed by atoms with Gasteiger partial charge in [-0.25, -0.2) is 0 Å². The summed E-state index contributed by atoms with van der Waals surface area (Å²) in [4.78, 5) is 31.2. The molecule has 1 fully saturated rings. The van der Waals surface area contributed by atoms with Crippen LogP contribution in [0, 0.1) is 5.41 Å². The summed E-state index contributed by atoms with van der Waals surface area (Å²) in [6.45, 7) is 1.98. The van der Waals surface area contributed by atoms with E-state index in [1.165, 1.54) is 12.1 Å². The van der Waals surface area contributed by atoms with Gasteiger partial charge in [0.05, 0.1) is 6.04 Å². The number of carbonyl (C=O) groups excluding carboxylic acids is 2. The highest BCUT2D eigenvalue weighted by molar-refractivity contribution is 6.38. The van der Waals surface area contributed by atoms with Gasteiger partial charge in [-0.3, -0.25) is 14.6 Å². The maximum absolute atomic E-state index is 11.9. The van der Waals surface area contributed by atoms with E-state index in [9.17, 15) is 19.8 Å². The highest BCUT2D eigenvalue weighted by Crippen LogP contribution is 2.51. The molecule has 4 rings (SSSR count). The fourth-order valence-electron chi connectivity index (χ4n) is 3.85. The van der Waals surface area contributed by atoms with Crippen LogP contribution in [0.3, 0.4) is 0 Å². The molecule has 2 aromatic rings. The maximum atomic E-state index is 11.9. The molecule has 3 N–H and O–H groups in total. The topological polar surface area (TPSA) is 103 Å². The van der Waals surface area contributed by atoms with Crippen LogP contribution >= 0.6 is 0 Å². The second kappa shape index (κ2) is 4.44. The summed E-state index contributed by atoms with van der Waals surface area (Å²) in [5.74, 6) is -1.17. The molecule has 0 amide bonds. The summed E-state index contributed by atoms with van der Waals surface area (Å²) in [6.07, 6.45) is 3.96. The minimum absolute atomic E-state index is 0.123. The number of aromatic nitrogens is 1. The Hall–Kier alpha value is -2.63. The van der Waals surface area contributed by atoms with E-state index in [4.69, 9.17) is 0 Å². The molecule has 0 radical (unpaired) electrons. The molecule has 118 valence electrons. The molecule has 0 spiro atoms. The van der Waals surface area contributed by atoms with Gasteiger partial charge in [-0.05, 0) is 11.6 Å². The highest BCUT2D eigenvalue weighted by Gasteiger charge is 2.51. The predicted molar refractivity (Wildman–Crippen MR) is 84.0 cm³/mol. The molecule has 0 bridgehead atoms. The van der Waals surface area contributed by atoms with Crippen LogP contribution in [-0.4, -0.2) is 39.0 Å². The summed E-state index contributed by atoms with van der Waals surface area (Å²) in [7, 11) is 0. The Morgan fingerprint density at radius 2 is 1.96 bits per heavy atom. The van der Waals surface area contributed by atoms with Crippen molar-refractivity contribution in [1.82, 2.24) is 4.98 Å².